The minimum absolute atomic E-state index is 0.272. The van der Waals surface area contributed by atoms with Crippen LogP contribution in [-0.2, 0) is 4.74 Å². The highest BCUT2D eigenvalue weighted by molar-refractivity contribution is 6.35. The van der Waals surface area contributed by atoms with Gasteiger partial charge in [-0.15, -0.1) is 0 Å². The van der Waals surface area contributed by atoms with E-state index in [0.29, 0.717) is 75.0 Å². The lowest BCUT2D eigenvalue weighted by Gasteiger charge is -2.37. The number of fused-ring (bicyclic) bond motifs is 1. The zero-order valence-corrected chi connectivity index (χ0v) is 32.9. The van der Waals surface area contributed by atoms with Crippen LogP contribution >= 0.6 is 34.8 Å². The third-order valence-electron chi connectivity index (χ3n) is 9.54. The van der Waals surface area contributed by atoms with E-state index in [4.69, 9.17) is 44.5 Å². The van der Waals surface area contributed by atoms with Crippen LogP contribution in [0.25, 0.3) is 33.4 Å². The van der Waals surface area contributed by atoms with Crippen molar-refractivity contribution in [3.05, 3.63) is 123 Å². The molecule has 1 atom stereocenters. The zero-order valence-electron chi connectivity index (χ0n) is 30.7. The first-order valence-electron chi connectivity index (χ1n) is 17.8. The van der Waals surface area contributed by atoms with Gasteiger partial charge in [-0.25, -0.2) is 9.78 Å². The summed E-state index contributed by atoms with van der Waals surface area (Å²) in [6.07, 6.45) is 1.39. The SMILES string of the molecule is C[C@@H](c1ccc(Cl)cc1Cl)n1cnc(-c2ccccc2)c1-c1c(C(=O)Nc2cc(C#N)ccc2N2CCN(C(=O)OC(C)(C)C)CC2)[nH]c2cc(Cl)ccc12. The molecule has 6 aromatic rings. The number of benzene rings is 4. The van der Waals surface area contributed by atoms with Crippen LogP contribution in [0.5, 0.6) is 0 Å². The predicted octanol–water partition coefficient (Wildman–Crippen LogP) is 10.4. The number of carbonyl (C=O) groups excluding carboxylic acids is 2. The summed E-state index contributed by atoms with van der Waals surface area (Å²) in [6.45, 7) is 9.38. The maximum Gasteiger partial charge on any atom is 0.410 e. The number of nitrogens with zero attached hydrogens (tertiary/aromatic N) is 5. The smallest absolute Gasteiger partial charge is 0.410 e. The Morgan fingerprint density at radius 2 is 1.64 bits per heavy atom. The highest BCUT2D eigenvalue weighted by Gasteiger charge is 2.30. The van der Waals surface area contributed by atoms with Crippen molar-refractivity contribution >= 4 is 69.1 Å². The lowest BCUT2D eigenvalue weighted by Crippen LogP contribution is -2.50. The van der Waals surface area contributed by atoms with Crippen LogP contribution in [-0.4, -0.2) is 63.2 Å². The highest BCUT2D eigenvalue weighted by atomic mass is 35.5. The summed E-state index contributed by atoms with van der Waals surface area (Å²) < 4.78 is 7.60. The third kappa shape index (κ3) is 7.87. The molecule has 0 radical (unpaired) electrons. The molecule has 0 saturated carbocycles. The number of hydrogen-bond donors (Lipinski definition) is 2. The van der Waals surface area contributed by atoms with Crippen LogP contribution in [0.4, 0.5) is 16.2 Å². The molecule has 4 aromatic carbocycles. The molecule has 0 aliphatic carbocycles. The second-order valence-electron chi connectivity index (χ2n) is 14.4. The second-order valence-corrected chi connectivity index (χ2v) is 15.7. The summed E-state index contributed by atoms with van der Waals surface area (Å²) in [5.41, 5.74) is 5.52. The van der Waals surface area contributed by atoms with E-state index in [1.54, 1.807) is 47.6 Å². The Morgan fingerprint density at radius 1 is 0.927 bits per heavy atom. The van der Waals surface area contributed by atoms with Crippen LogP contribution in [0.1, 0.15) is 55.4 Å². The highest BCUT2D eigenvalue weighted by Crippen LogP contribution is 2.42. The molecule has 0 bridgehead atoms. The standard InChI is InChI=1S/C42H38Cl3N7O3/c1-25(30-13-11-28(43)21-32(30)45)52-24-47-37(27-8-6-5-7-9-27)39(52)36-31-14-12-29(44)22-33(31)48-38(36)40(53)49-34-20-26(23-46)10-15-35(34)50-16-18-51(19-17-50)41(54)55-42(2,3)4/h5-15,20-22,24-25,48H,16-19H2,1-4H3,(H,49,53)/t25-/m0/s1. The van der Waals surface area contributed by atoms with Crippen molar-refractivity contribution in [2.45, 2.75) is 39.3 Å². The van der Waals surface area contributed by atoms with Crippen molar-refractivity contribution in [3.8, 4) is 28.6 Å². The van der Waals surface area contributed by atoms with Crippen molar-refractivity contribution in [2.75, 3.05) is 36.4 Å². The van der Waals surface area contributed by atoms with Gasteiger partial charge in [0.15, 0.2) is 0 Å². The number of ether oxygens (including phenoxy) is 1. The molecule has 2 aromatic heterocycles. The zero-order chi connectivity index (χ0) is 39.0. The van der Waals surface area contributed by atoms with Crippen molar-refractivity contribution in [1.29, 1.82) is 5.26 Å². The van der Waals surface area contributed by atoms with E-state index in [9.17, 15) is 14.9 Å². The second kappa shape index (κ2) is 15.3. The molecule has 7 rings (SSSR count). The number of anilines is 2. The van der Waals surface area contributed by atoms with E-state index in [0.717, 1.165) is 22.2 Å². The number of carbonyl (C=O) groups is 2. The van der Waals surface area contributed by atoms with Gasteiger partial charge in [0.2, 0.25) is 0 Å². The maximum atomic E-state index is 14.8. The Kier molecular flexibility index (Phi) is 10.6. The molecule has 1 saturated heterocycles. The summed E-state index contributed by atoms with van der Waals surface area (Å²) >= 11 is 19.5. The topological polar surface area (TPSA) is 119 Å². The third-order valence-corrected chi connectivity index (χ3v) is 10.3. The summed E-state index contributed by atoms with van der Waals surface area (Å²) in [4.78, 5) is 39.6. The van der Waals surface area contributed by atoms with E-state index >= 15 is 0 Å². The molecule has 55 heavy (non-hydrogen) atoms. The molecule has 10 nitrogen and oxygen atoms in total. The number of imidazole rings is 1. The number of amides is 2. The molecule has 13 heteroatoms. The van der Waals surface area contributed by atoms with E-state index in [2.05, 4.69) is 21.3 Å². The van der Waals surface area contributed by atoms with E-state index < -0.39 is 11.5 Å². The number of halogens is 3. The van der Waals surface area contributed by atoms with Crippen molar-refractivity contribution in [3.63, 3.8) is 0 Å². The van der Waals surface area contributed by atoms with Crippen LogP contribution in [0.2, 0.25) is 15.1 Å². The monoisotopic (exact) mass is 793 g/mol. The molecule has 2 amide bonds. The first kappa shape index (κ1) is 37.8. The van der Waals surface area contributed by atoms with E-state index in [1.807, 2.05) is 80.8 Å². The number of nitriles is 1. The van der Waals surface area contributed by atoms with Crippen LogP contribution < -0.4 is 10.2 Å². The Bertz CT molecular complexity index is 2460. The summed E-state index contributed by atoms with van der Waals surface area (Å²) in [7, 11) is 0. The van der Waals surface area contributed by atoms with Gasteiger partial charge in [-0.05, 0) is 75.7 Å². The number of hydrogen-bond acceptors (Lipinski definition) is 6. The number of aromatic nitrogens is 3. The maximum absolute atomic E-state index is 14.8. The van der Waals surface area contributed by atoms with Gasteiger partial charge < -0.3 is 29.4 Å². The molecule has 0 spiro atoms. The summed E-state index contributed by atoms with van der Waals surface area (Å²) in [5, 5.41) is 15.3. The summed E-state index contributed by atoms with van der Waals surface area (Å²) in [5.74, 6) is -0.435. The predicted molar refractivity (Wildman–Crippen MR) is 219 cm³/mol. The molecule has 1 aliphatic rings. The molecular formula is C42H38Cl3N7O3. The normalized spacial score (nSPS) is 13.8. The molecule has 2 N–H and O–H groups in total. The fourth-order valence-electron chi connectivity index (χ4n) is 6.91. The number of nitrogens with one attached hydrogen (secondary N) is 2. The van der Waals surface area contributed by atoms with Crippen molar-refractivity contribution in [2.24, 2.45) is 0 Å². The quantitative estimate of drug-likeness (QED) is 0.166. The van der Waals surface area contributed by atoms with Gasteiger partial charge in [-0.1, -0.05) is 77.3 Å². The Hall–Kier alpha value is -5.47. The Labute approximate surface area is 334 Å². The van der Waals surface area contributed by atoms with Gasteiger partial charge in [0, 0.05) is 63.3 Å². The Balaban J connectivity index is 1.32. The lowest BCUT2D eigenvalue weighted by atomic mass is 9.99. The summed E-state index contributed by atoms with van der Waals surface area (Å²) in [6, 6.07) is 27.7. The largest absolute Gasteiger partial charge is 0.444 e. The Morgan fingerprint density at radius 3 is 2.33 bits per heavy atom. The van der Waals surface area contributed by atoms with Gasteiger partial charge in [0.25, 0.3) is 5.91 Å². The number of aromatic amines is 1. The minimum Gasteiger partial charge on any atom is -0.444 e. The molecule has 3 heterocycles. The van der Waals surface area contributed by atoms with Crippen molar-refractivity contribution < 1.29 is 14.3 Å². The lowest BCUT2D eigenvalue weighted by molar-refractivity contribution is 0.0240. The minimum atomic E-state index is -0.605. The first-order valence-corrected chi connectivity index (χ1v) is 18.9. The van der Waals surface area contributed by atoms with E-state index in [-0.39, 0.29) is 17.8 Å². The van der Waals surface area contributed by atoms with Gasteiger partial charge >= 0.3 is 6.09 Å². The number of H-pyrrole nitrogens is 1. The van der Waals surface area contributed by atoms with Gasteiger partial charge in [-0.2, -0.15) is 5.26 Å². The first-order chi connectivity index (χ1) is 26.3. The van der Waals surface area contributed by atoms with Crippen molar-refractivity contribution in [1.82, 2.24) is 19.4 Å². The number of rotatable bonds is 7. The van der Waals surface area contributed by atoms with Crippen LogP contribution in [0.15, 0.2) is 91.3 Å². The van der Waals surface area contributed by atoms with Gasteiger partial charge in [0.1, 0.15) is 11.3 Å². The molecule has 0 unspecified atom stereocenters. The average molecular weight is 795 g/mol. The van der Waals surface area contributed by atoms with E-state index in [1.165, 1.54) is 0 Å². The fraction of sp³-hybridized carbons (Fsp3) is 0.238. The van der Waals surface area contributed by atoms with Gasteiger partial charge in [-0.3, -0.25) is 4.79 Å². The molecular weight excluding hydrogens is 757 g/mol. The van der Waals surface area contributed by atoms with Crippen LogP contribution in [0, 0.1) is 11.3 Å². The molecule has 1 fully saturated rings. The van der Waals surface area contributed by atoms with Gasteiger partial charge in [0.05, 0.1) is 46.8 Å². The number of piperazine rings is 1. The molecule has 1 aliphatic heterocycles. The fourth-order valence-corrected chi connectivity index (χ4v) is 7.65. The average Bonchev–Trinajstić information content (AvgIpc) is 3.76. The molecule has 280 valence electrons. The van der Waals surface area contributed by atoms with Crippen LogP contribution in [0.3, 0.4) is 0 Å².